The molecule has 3 nitrogen and oxygen atoms in total. The Bertz CT molecular complexity index is 350. The fraction of sp³-hybridized carbons (Fsp3) is 0.941. The van der Waals surface area contributed by atoms with E-state index in [1.165, 1.54) is 38.5 Å². The van der Waals surface area contributed by atoms with E-state index >= 15 is 0 Å². The topological polar surface area (TPSA) is 29.5 Å². The summed E-state index contributed by atoms with van der Waals surface area (Å²) in [5.74, 6) is 3.53. The highest BCUT2D eigenvalue weighted by Gasteiger charge is 2.51. The van der Waals surface area contributed by atoms with Crippen LogP contribution in [0.2, 0.25) is 0 Å². The lowest BCUT2D eigenvalue weighted by atomic mass is 9.49. The van der Waals surface area contributed by atoms with Crippen molar-refractivity contribution in [3.8, 4) is 0 Å². The van der Waals surface area contributed by atoms with E-state index in [4.69, 9.17) is 16.3 Å². The summed E-state index contributed by atoms with van der Waals surface area (Å²) in [7, 11) is 1.68. The molecule has 21 heavy (non-hydrogen) atoms. The molecule has 4 rings (SSSR count). The second-order valence-corrected chi connectivity index (χ2v) is 8.03. The summed E-state index contributed by atoms with van der Waals surface area (Å²) < 4.78 is 5.13. The van der Waals surface area contributed by atoms with Crippen molar-refractivity contribution in [2.24, 2.45) is 23.2 Å². The number of rotatable bonds is 7. The van der Waals surface area contributed by atoms with Crippen LogP contribution < -0.4 is 0 Å². The fourth-order valence-corrected chi connectivity index (χ4v) is 5.81. The van der Waals surface area contributed by atoms with Gasteiger partial charge in [0, 0.05) is 32.5 Å². The van der Waals surface area contributed by atoms with Gasteiger partial charge in [-0.05, 0) is 61.7 Å². The number of amides is 1. The van der Waals surface area contributed by atoms with Gasteiger partial charge in [-0.3, -0.25) is 4.79 Å². The van der Waals surface area contributed by atoms with E-state index in [1.807, 2.05) is 4.90 Å². The smallest absolute Gasteiger partial charge is 0.223 e. The average Bonchev–Trinajstić information content (AvgIpc) is 2.41. The summed E-state index contributed by atoms with van der Waals surface area (Å²) in [6.45, 7) is 1.92. The Kier molecular flexibility index (Phi) is 4.80. The van der Waals surface area contributed by atoms with Crippen molar-refractivity contribution in [1.29, 1.82) is 0 Å². The normalized spacial score (nSPS) is 37.0. The van der Waals surface area contributed by atoms with E-state index in [9.17, 15) is 4.79 Å². The first-order valence-corrected chi connectivity index (χ1v) is 9.00. The first-order valence-electron chi connectivity index (χ1n) is 8.47. The Morgan fingerprint density at radius 2 is 1.71 bits per heavy atom. The van der Waals surface area contributed by atoms with Crippen LogP contribution in [0.25, 0.3) is 0 Å². The molecule has 0 aromatic heterocycles. The van der Waals surface area contributed by atoms with Gasteiger partial charge in [-0.15, -0.1) is 11.6 Å². The summed E-state index contributed by atoms with van der Waals surface area (Å²) in [5.41, 5.74) is 0.323. The van der Waals surface area contributed by atoms with Gasteiger partial charge in [0.1, 0.15) is 0 Å². The molecule has 0 aliphatic heterocycles. The minimum Gasteiger partial charge on any atom is -0.383 e. The first-order chi connectivity index (χ1) is 10.1. The minimum atomic E-state index is 0.301. The molecule has 4 heteroatoms. The largest absolute Gasteiger partial charge is 0.383 e. The zero-order valence-corrected chi connectivity index (χ0v) is 13.9. The summed E-state index contributed by atoms with van der Waals surface area (Å²) in [6.07, 6.45) is 8.93. The Labute approximate surface area is 133 Å². The molecule has 1 amide bonds. The van der Waals surface area contributed by atoms with Crippen LogP contribution in [-0.4, -0.2) is 43.5 Å². The van der Waals surface area contributed by atoms with E-state index in [0.717, 1.165) is 24.2 Å². The maximum absolute atomic E-state index is 12.7. The highest BCUT2D eigenvalue weighted by Crippen LogP contribution is 2.61. The third kappa shape index (κ3) is 3.39. The Morgan fingerprint density at radius 1 is 1.14 bits per heavy atom. The van der Waals surface area contributed by atoms with Crippen molar-refractivity contribution in [3.05, 3.63) is 0 Å². The molecule has 120 valence electrons. The zero-order chi connectivity index (χ0) is 14.9. The van der Waals surface area contributed by atoms with Crippen molar-refractivity contribution in [2.45, 2.75) is 44.9 Å². The van der Waals surface area contributed by atoms with Gasteiger partial charge in [0.25, 0.3) is 0 Å². The molecule has 0 heterocycles. The van der Waals surface area contributed by atoms with E-state index in [2.05, 4.69) is 0 Å². The summed E-state index contributed by atoms with van der Waals surface area (Å²) in [5, 5.41) is 0. The maximum atomic E-state index is 12.7. The lowest BCUT2D eigenvalue weighted by Crippen LogP contribution is -2.49. The zero-order valence-electron chi connectivity index (χ0n) is 13.2. The second-order valence-electron chi connectivity index (χ2n) is 7.66. The molecule has 0 atom stereocenters. The Morgan fingerprint density at radius 3 is 2.19 bits per heavy atom. The molecule has 0 aromatic carbocycles. The molecule has 4 aliphatic rings. The van der Waals surface area contributed by atoms with Gasteiger partial charge in [-0.1, -0.05) is 0 Å². The van der Waals surface area contributed by atoms with E-state index in [1.54, 1.807) is 7.11 Å². The van der Waals surface area contributed by atoms with Crippen LogP contribution in [0.4, 0.5) is 0 Å². The summed E-state index contributed by atoms with van der Waals surface area (Å²) in [6, 6.07) is 0. The predicted molar refractivity (Wildman–Crippen MR) is 84.4 cm³/mol. The quantitative estimate of drug-likeness (QED) is 0.675. The number of ether oxygens (including phenoxy) is 1. The highest BCUT2D eigenvalue weighted by atomic mass is 35.5. The van der Waals surface area contributed by atoms with Crippen LogP contribution in [0.3, 0.4) is 0 Å². The number of carbonyl (C=O) groups is 1. The van der Waals surface area contributed by atoms with Gasteiger partial charge in [-0.2, -0.15) is 0 Å². The van der Waals surface area contributed by atoms with Crippen LogP contribution in [0.1, 0.15) is 44.9 Å². The first kappa shape index (κ1) is 15.6. The molecular weight excluding hydrogens is 286 g/mol. The van der Waals surface area contributed by atoms with Gasteiger partial charge < -0.3 is 9.64 Å². The highest BCUT2D eigenvalue weighted by molar-refractivity contribution is 6.18. The van der Waals surface area contributed by atoms with Gasteiger partial charge in [0.2, 0.25) is 5.91 Å². The molecule has 0 aromatic rings. The number of halogens is 1. The minimum absolute atomic E-state index is 0.301. The summed E-state index contributed by atoms with van der Waals surface area (Å²) >= 11 is 5.86. The van der Waals surface area contributed by atoms with Gasteiger partial charge >= 0.3 is 0 Å². The third-order valence-corrected chi connectivity index (χ3v) is 6.13. The van der Waals surface area contributed by atoms with E-state index in [0.29, 0.717) is 36.9 Å². The van der Waals surface area contributed by atoms with E-state index < -0.39 is 0 Å². The van der Waals surface area contributed by atoms with Crippen molar-refractivity contribution in [2.75, 3.05) is 32.7 Å². The van der Waals surface area contributed by atoms with Gasteiger partial charge in [-0.25, -0.2) is 0 Å². The fourth-order valence-electron chi connectivity index (χ4n) is 5.60. The number of nitrogens with zero attached hydrogens (tertiary/aromatic N) is 1. The van der Waals surface area contributed by atoms with E-state index in [-0.39, 0.29) is 0 Å². The maximum Gasteiger partial charge on any atom is 0.223 e. The van der Waals surface area contributed by atoms with Crippen LogP contribution in [0, 0.1) is 23.2 Å². The monoisotopic (exact) mass is 313 g/mol. The van der Waals surface area contributed by atoms with Gasteiger partial charge in [0.05, 0.1) is 6.61 Å². The molecular formula is C17H28ClNO2. The molecule has 4 saturated carbocycles. The number of hydrogen-bond donors (Lipinski definition) is 0. The lowest BCUT2D eigenvalue weighted by molar-refractivity contribution is -0.139. The molecule has 4 fully saturated rings. The molecule has 4 aliphatic carbocycles. The lowest BCUT2D eigenvalue weighted by Gasteiger charge is -2.57. The number of carbonyl (C=O) groups excluding carboxylic acids is 1. The standard InChI is InChI=1S/C17H28ClNO2/c1-21-5-4-19(3-2-18)16(20)12-17-9-13-6-14(10-17)8-15(7-13)11-17/h13-15H,2-12H2,1H3. The molecule has 0 radical (unpaired) electrons. The predicted octanol–water partition coefficient (Wildman–Crippen LogP) is 3.31. The number of hydrogen-bond acceptors (Lipinski definition) is 2. The van der Waals surface area contributed by atoms with Gasteiger partial charge in [0.15, 0.2) is 0 Å². The van der Waals surface area contributed by atoms with Crippen molar-refractivity contribution < 1.29 is 9.53 Å². The SMILES string of the molecule is COCCN(CCCl)C(=O)CC12CC3CC(CC(C3)C1)C2. The van der Waals surface area contributed by atoms with Crippen molar-refractivity contribution >= 4 is 17.5 Å². The van der Waals surface area contributed by atoms with Crippen molar-refractivity contribution in [3.63, 3.8) is 0 Å². The molecule has 0 saturated heterocycles. The van der Waals surface area contributed by atoms with Crippen LogP contribution in [0.5, 0.6) is 0 Å². The van der Waals surface area contributed by atoms with Crippen molar-refractivity contribution in [1.82, 2.24) is 4.90 Å². The summed E-state index contributed by atoms with van der Waals surface area (Å²) in [4.78, 5) is 14.6. The molecule has 0 unspecified atom stereocenters. The second kappa shape index (κ2) is 6.45. The molecule has 0 spiro atoms. The average molecular weight is 314 g/mol. The number of alkyl halides is 1. The number of methoxy groups -OCH3 is 1. The van der Waals surface area contributed by atoms with Crippen LogP contribution in [-0.2, 0) is 9.53 Å². The van der Waals surface area contributed by atoms with Crippen LogP contribution >= 0.6 is 11.6 Å². The molecule has 4 bridgehead atoms. The Balaban J connectivity index is 1.63. The van der Waals surface area contributed by atoms with Crippen LogP contribution in [0.15, 0.2) is 0 Å². The molecule has 0 N–H and O–H groups in total. The Hall–Kier alpha value is -0.280. The third-order valence-electron chi connectivity index (χ3n) is 5.96.